The lowest BCUT2D eigenvalue weighted by molar-refractivity contribution is 0.577. The van der Waals surface area contributed by atoms with Crippen molar-refractivity contribution in [2.24, 2.45) is 5.18 Å². The highest BCUT2D eigenvalue weighted by molar-refractivity contribution is 5.67. The zero-order valence-electron chi connectivity index (χ0n) is 12.5. The van der Waals surface area contributed by atoms with Crippen LogP contribution in [0.2, 0.25) is 0 Å². The Morgan fingerprint density at radius 2 is 2.08 bits per heavy atom. The molecule has 0 aliphatic carbocycles. The third kappa shape index (κ3) is 2.39. The van der Waals surface area contributed by atoms with E-state index in [0.717, 1.165) is 11.1 Å². The first-order valence-corrected chi connectivity index (χ1v) is 7.20. The second kappa shape index (κ2) is 5.58. The molecule has 0 fully saturated rings. The Bertz CT molecular complexity index is 1020. The number of nitrogens with zero attached hydrogens (tertiary/aromatic N) is 5. The standard InChI is InChI=1S/C16H12N6O2/c17-16-19-12(11-4-1-3-10(7-11)9-18-23)8-14-20-15(21-22(14)16)13-5-2-6-24-13/h1-8H,9H2,(H2,17,19). The summed E-state index contributed by atoms with van der Waals surface area (Å²) in [6.45, 7) is 0.110. The molecule has 0 saturated carbocycles. The molecular formula is C16H12N6O2. The van der Waals surface area contributed by atoms with Gasteiger partial charge in [-0.3, -0.25) is 0 Å². The van der Waals surface area contributed by atoms with Gasteiger partial charge < -0.3 is 10.2 Å². The number of rotatable bonds is 4. The predicted octanol–water partition coefficient (Wildman–Crippen LogP) is 2.90. The Kier molecular flexibility index (Phi) is 3.27. The van der Waals surface area contributed by atoms with Crippen LogP contribution in [-0.4, -0.2) is 19.6 Å². The minimum Gasteiger partial charge on any atom is -0.461 e. The van der Waals surface area contributed by atoms with Crippen molar-refractivity contribution in [3.8, 4) is 22.8 Å². The summed E-state index contributed by atoms with van der Waals surface area (Å²) < 4.78 is 6.76. The summed E-state index contributed by atoms with van der Waals surface area (Å²) in [5.41, 5.74) is 8.84. The fraction of sp³-hybridized carbons (Fsp3) is 0.0625. The van der Waals surface area contributed by atoms with Gasteiger partial charge in [-0.05, 0) is 23.8 Å². The van der Waals surface area contributed by atoms with Crippen LogP contribution in [0.15, 0.2) is 58.3 Å². The lowest BCUT2D eigenvalue weighted by Crippen LogP contribution is -2.03. The number of hydrogen-bond acceptors (Lipinski definition) is 7. The normalized spacial score (nSPS) is 11.0. The number of aromatic nitrogens is 4. The van der Waals surface area contributed by atoms with Gasteiger partial charge in [-0.1, -0.05) is 23.4 Å². The van der Waals surface area contributed by atoms with Gasteiger partial charge in [0.05, 0.1) is 12.0 Å². The summed E-state index contributed by atoms with van der Waals surface area (Å²) in [6, 6.07) is 12.7. The lowest BCUT2D eigenvalue weighted by atomic mass is 10.1. The van der Waals surface area contributed by atoms with Crippen LogP contribution in [0, 0.1) is 4.91 Å². The first-order chi connectivity index (χ1) is 11.7. The van der Waals surface area contributed by atoms with Gasteiger partial charge in [-0.2, -0.15) is 9.42 Å². The van der Waals surface area contributed by atoms with E-state index in [1.807, 2.05) is 24.3 Å². The first-order valence-electron chi connectivity index (χ1n) is 7.20. The van der Waals surface area contributed by atoms with E-state index in [2.05, 4.69) is 20.2 Å². The van der Waals surface area contributed by atoms with Crippen molar-refractivity contribution in [1.82, 2.24) is 19.6 Å². The minimum absolute atomic E-state index is 0.110. The van der Waals surface area contributed by atoms with Crippen molar-refractivity contribution in [3.63, 3.8) is 0 Å². The van der Waals surface area contributed by atoms with Crippen molar-refractivity contribution in [1.29, 1.82) is 0 Å². The van der Waals surface area contributed by atoms with Gasteiger partial charge in [0.25, 0.3) is 0 Å². The van der Waals surface area contributed by atoms with E-state index >= 15 is 0 Å². The maximum Gasteiger partial charge on any atom is 0.223 e. The van der Waals surface area contributed by atoms with Gasteiger partial charge in [0.2, 0.25) is 11.8 Å². The van der Waals surface area contributed by atoms with Crippen molar-refractivity contribution in [3.05, 3.63) is 59.2 Å². The van der Waals surface area contributed by atoms with E-state index in [-0.39, 0.29) is 12.5 Å². The van der Waals surface area contributed by atoms with Crippen LogP contribution in [0.3, 0.4) is 0 Å². The molecule has 3 aromatic heterocycles. The van der Waals surface area contributed by atoms with E-state index in [1.54, 1.807) is 24.5 Å². The van der Waals surface area contributed by atoms with Gasteiger partial charge in [0.15, 0.2) is 11.4 Å². The zero-order chi connectivity index (χ0) is 16.5. The first kappa shape index (κ1) is 14.1. The maximum atomic E-state index is 10.5. The molecule has 3 heterocycles. The van der Waals surface area contributed by atoms with Crippen LogP contribution < -0.4 is 5.73 Å². The summed E-state index contributed by atoms with van der Waals surface area (Å²) in [6.07, 6.45) is 1.56. The van der Waals surface area contributed by atoms with Crippen LogP contribution in [-0.2, 0) is 6.54 Å². The Morgan fingerprint density at radius 1 is 1.17 bits per heavy atom. The van der Waals surface area contributed by atoms with Crippen LogP contribution in [0.1, 0.15) is 5.56 Å². The number of nitrogen functional groups attached to an aromatic ring is 1. The molecule has 4 rings (SSSR count). The molecule has 8 heteroatoms. The highest BCUT2D eigenvalue weighted by Gasteiger charge is 2.13. The molecule has 4 aromatic rings. The lowest BCUT2D eigenvalue weighted by Gasteiger charge is -2.04. The van der Waals surface area contributed by atoms with Crippen molar-refractivity contribution in [2.75, 3.05) is 5.73 Å². The van der Waals surface area contributed by atoms with E-state index < -0.39 is 0 Å². The molecule has 0 bridgehead atoms. The number of benzene rings is 1. The van der Waals surface area contributed by atoms with Gasteiger partial charge in [-0.15, -0.1) is 5.10 Å². The van der Waals surface area contributed by atoms with E-state index in [1.165, 1.54) is 4.52 Å². The summed E-state index contributed by atoms with van der Waals surface area (Å²) in [5, 5.41) is 7.21. The summed E-state index contributed by atoms with van der Waals surface area (Å²) in [5.74, 6) is 1.20. The molecule has 0 atom stereocenters. The number of hydrogen-bond donors (Lipinski definition) is 1. The Balaban J connectivity index is 1.82. The van der Waals surface area contributed by atoms with E-state index in [4.69, 9.17) is 10.2 Å². The Hall–Kier alpha value is -3.55. The summed E-state index contributed by atoms with van der Waals surface area (Å²) in [4.78, 5) is 19.2. The molecule has 1 aromatic carbocycles. The topological polar surface area (TPSA) is 112 Å². The average molecular weight is 320 g/mol. The molecule has 2 N–H and O–H groups in total. The SMILES string of the molecule is Nc1nc(-c2cccc(CN=O)c2)cc2nc(-c3ccco3)nn12. The number of fused-ring (bicyclic) bond motifs is 1. The number of anilines is 1. The molecule has 0 radical (unpaired) electrons. The third-order valence-electron chi connectivity index (χ3n) is 3.56. The minimum atomic E-state index is 0.110. The van der Waals surface area contributed by atoms with Crippen LogP contribution in [0.25, 0.3) is 28.5 Å². The fourth-order valence-electron chi connectivity index (χ4n) is 2.47. The second-order valence-electron chi connectivity index (χ2n) is 5.17. The quantitative estimate of drug-likeness (QED) is 0.579. The van der Waals surface area contributed by atoms with Crippen molar-refractivity contribution >= 4 is 11.6 Å². The highest BCUT2D eigenvalue weighted by atomic mass is 16.3. The third-order valence-corrected chi connectivity index (χ3v) is 3.56. The molecule has 0 saturated heterocycles. The molecule has 0 aliphatic heterocycles. The largest absolute Gasteiger partial charge is 0.461 e. The summed E-state index contributed by atoms with van der Waals surface area (Å²) >= 11 is 0. The molecular weight excluding hydrogens is 308 g/mol. The molecule has 0 amide bonds. The fourth-order valence-corrected chi connectivity index (χ4v) is 2.47. The van der Waals surface area contributed by atoms with Crippen LogP contribution in [0.5, 0.6) is 0 Å². The summed E-state index contributed by atoms with van der Waals surface area (Å²) in [7, 11) is 0. The highest BCUT2D eigenvalue weighted by Crippen LogP contribution is 2.23. The average Bonchev–Trinajstić information content (AvgIpc) is 3.24. The van der Waals surface area contributed by atoms with Gasteiger partial charge in [-0.25, -0.2) is 9.97 Å². The number of furan rings is 1. The molecule has 24 heavy (non-hydrogen) atoms. The Morgan fingerprint density at radius 3 is 2.88 bits per heavy atom. The molecule has 8 nitrogen and oxygen atoms in total. The number of nitrogens with two attached hydrogens (primary N) is 1. The van der Waals surface area contributed by atoms with Crippen LogP contribution >= 0.6 is 0 Å². The molecule has 0 aliphatic rings. The maximum absolute atomic E-state index is 10.5. The Labute approximate surface area is 135 Å². The molecule has 118 valence electrons. The predicted molar refractivity (Wildman–Crippen MR) is 87.8 cm³/mol. The smallest absolute Gasteiger partial charge is 0.223 e. The van der Waals surface area contributed by atoms with Gasteiger partial charge >= 0.3 is 0 Å². The van der Waals surface area contributed by atoms with E-state index in [9.17, 15) is 4.91 Å². The van der Waals surface area contributed by atoms with E-state index in [0.29, 0.717) is 22.9 Å². The molecule has 0 unspecified atom stereocenters. The van der Waals surface area contributed by atoms with Crippen molar-refractivity contribution < 1.29 is 4.42 Å². The van der Waals surface area contributed by atoms with Gasteiger partial charge in [0, 0.05) is 11.6 Å². The zero-order valence-corrected chi connectivity index (χ0v) is 12.5. The van der Waals surface area contributed by atoms with Crippen molar-refractivity contribution in [2.45, 2.75) is 6.54 Å². The second-order valence-corrected chi connectivity index (χ2v) is 5.17. The number of nitroso groups, excluding NO2 is 1. The monoisotopic (exact) mass is 320 g/mol. The van der Waals surface area contributed by atoms with Crippen LogP contribution in [0.4, 0.5) is 5.95 Å². The molecule has 0 spiro atoms. The van der Waals surface area contributed by atoms with Gasteiger partial charge in [0.1, 0.15) is 6.54 Å².